The fourth-order valence-corrected chi connectivity index (χ4v) is 1.16. The summed E-state index contributed by atoms with van der Waals surface area (Å²) in [5.41, 5.74) is 0.0419. The van der Waals surface area contributed by atoms with Gasteiger partial charge in [-0.15, -0.1) is 0 Å². The quantitative estimate of drug-likeness (QED) is 0.469. The summed E-state index contributed by atoms with van der Waals surface area (Å²) in [7, 11) is 0. The lowest BCUT2D eigenvalue weighted by molar-refractivity contribution is -0.137. The molecule has 0 saturated carbocycles. The lowest BCUT2D eigenvalue weighted by Crippen LogP contribution is -2.05. The predicted octanol–water partition coefficient (Wildman–Crippen LogP) is 1.57. The van der Waals surface area contributed by atoms with Crippen LogP contribution in [0.2, 0.25) is 0 Å². The second kappa shape index (κ2) is 5.56. The molecule has 5 nitrogen and oxygen atoms in total. The number of rotatable bonds is 3. The van der Waals surface area contributed by atoms with E-state index in [0.717, 1.165) is 6.07 Å². The summed E-state index contributed by atoms with van der Waals surface area (Å²) in [4.78, 5) is 11.3. The Morgan fingerprint density at radius 2 is 2.24 bits per heavy atom. The lowest BCUT2D eigenvalue weighted by atomic mass is 10.1. The molecule has 1 aromatic carbocycles. The number of benzene rings is 1. The number of hydrogen-bond acceptors (Lipinski definition) is 5. The number of aromatic hydroxyl groups is 2. The number of ether oxygens (including phenoxy) is 1. The Kier molecular flexibility index (Phi) is 4.12. The first kappa shape index (κ1) is 12.6. The molecule has 2 N–H and O–H groups in total. The van der Waals surface area contributed by atoms with E-state index in [1.807, 2.05) is 0 Å². The van der Waals surface area contributed by atoms with E-state index in [-0.39, 0.29) is 29.2 Å². The highest BCUT2D eigenvalue weighted by Gasteiger charge is 2.11. The summed E-state index contributed by atoms with van der Waals surface area (Å²) in [6.07, 6.45) is 1.20. The third kappa shape index (κ3) is 3.24. The number of esters is 1. The number of nitriles is 1. The van der Waals surface area contributed by atoms with Gasteiger partial charge in [0.25, 0.3) is 0 Å². The highest BCUT2D eigenvalue weighted by Crippen LogP contribution is 2.24. The van der Waals surface area contributed by atoms with Gasteiger partial charge in [-0.05, 0) is 25.1 Å². The summed E-state index contributed by atoms with van der Waals surface area (Å²) in [5, 5.41) is 27.3. The van der Waals surface area contributed by atoms with Crippen molar-refractivity contribution in [3.05, 3.63) is 29.3 Å². The number of carbonyl (C=O) groups is 1. The average molecular weight is 233 g/mol. The molecule has 0 radical (unpaired) electrons. The van der Waals surface area contributed by atoms with Gasteiger partial charge in [0, 0.05) is 11.6 Å². The first-order chi connectivity index (χ1) is 8.08. The summed E-state index contributed by atoms with van der Waals surface area (Å²) in [6, 6.07) is 5.54. The van der Waals surface area contributed by atoms with E-state index >= 15 is 0 Å². The molecule has 88 valence electrons. The Balaban J connectivity index is 3.07. The first-order valence-corrected chi connectivity index (χ1v) is 4.89. The molecular weight excluding hydrogens is 222 g/mol. The van der Waals surface area contributed by atoms with Crippen LogP contribution < -0.4 is 0 Å². The predicted molar refractivity (Wildman–Crippen MR) is 60.0 cm³/mol. The van der Waals surface area contributed by atoms with Gasteiger partial charge in [0.15, 0.2) is 0 Å². The number of hydrogen-bond donors (Lipinski definition) is 2. The van der Waals surface area contributed by atoms with Crippen LogP contribution in [-0.4, -0.2) is 22.8 Å². The maximum absolute atomic E-state index is 11.3. The van der Waals surface area contributed by atoms with Crippen molar-refractivity contribution in [1.29, 1.82) is 5.26 Å². The molecule has 0 aliphatic rings. The van der Waals surface area contributed by atoms with Gasteiger partial charge in [0.1, 0.15) is 23.1 Å². The van der Waals surface area contributed by atoms with Crippen molar-refractivity contribution in [3.8, 4) is 17.6 Å². The lowest BCUT2D eigenvalue weighted by Gasteiger charge is -2.02. The second-order valence-electron chi connectivity index (χ2n) is 3.13. The Morgan fingerprint density at radius 3 is 2.76 bits per heavy atom. The number of phenols is 2. The highest BCUT2D eigenvalue weighted by molar-refractivity contribution is 5.98. The monoisotopic (exact) mass is 233 g/mol. The largest absolute Gasteiger partial charge is 0.508 e. The number of phenolic OH excluding ortho intramolecular Hbond substituents is 2. The minimum Gasteiger partial charge on any atom is -0.508 e. The summed E-state index contributed by atoms with van der Waals surface area (Å²) >= 11 is 0. The van der Waals surface area contributed by atoms with Crippen molar-refractivity contribution in [1.82, 2.24) is 0 Å². The van der Waals surface area contributed by atoms with Crippen LogP contribution in [0, 0.1) is 11.3 Å². The van der Waals surface area contributed by atoms with Crippen molar-refractivity contribution in [3.63, 3.8) is 0 Å². The van der Waals surface area contributed by atoms with E-state index in [0.29, 0.717) is 0 Å². The molecule has 0 unspecified atom stereocenters. The van der Waals surface area contributed by atoms with Crippen LogP contribution >= 0.6 is 0 Å². The fourth-order valence-electron chi connectivity index (χ4n) is 1.16. The zero-order chi connectivity index (χ0) is 12.8. The van der Waals surface area contributed by atoms with Crippen LogP contribution in [0.5, 0.6) is 11.5 Å². The molecular formula is C12H11NO4. The molecule has 0 aliphatic carbocycles. The van der Waals surface area contributed by atoms with E-state index in [4.69, 9.17) is 10.4 Å². The minimum atomic E-state index is -0.748. The molecule has 17 heavy (non-hydrogen) atoms. The first-order valence-electron chi connectivity index (χ1n) is 4.89. The van der Waals surface area contributed by atoms with E-state index in [9.17, 15) is 9.90 Å². The van der Waals surface area contributed by atoms with Crippen molar-refractivity contribution in [2.75, 3.05) is 6.61 Å². The molecule has 0 aliphatic heterocycles. The van der Waals surface area contributed by atoms with Crippen LogP contribution in [0.3, 0.4) is 0 Å². The third-order valence-corrected chi connectivity index (χ3v) is 1.93. The number of nitrogens with zero attached hydrogens (tertiary/aromatic N) is 1. The van der Waals surface area contributed by atoms with Gasteiger partial charge in [0.05, 0.1) is 6.61 Å². The fraction of sp³-hybridized carbons (Fsp3) is 0.167. The molecule has 0 amide bonds. The van der Waals surface area contributed by atoms with Crippen LogP contribution in [0.15, 0.2) is 23.8 Å². The van der Waals surface area contributed by atoms with Crippen molar-refractivity contribution >= 4 is 12.0 Å². The Hall–Kier alpha value is -2.48. The van der Waals surface area contributed by atoms with Gasteiger partial charge in [-0.2, -0.15) is 5.26 Å². The molecule has 0 atom stereocenters. The molecule has 1 aromatic rings. The van der Waals surface area contributed by atoms with Gasteiger partial charge in [-0.25, -0.2) is 4.79 Å². The topological polar surface area (TPSA) is 90.6 Å². The van der Waals surface area contributed by atoms with Gasteiger partial charge in [-0.3, -0.25) is 0 Å². The zero-order valence-corrected chi connectivity index (χ0v) is 9.17. The maximum atomic E-state index is 11.3. The Morgan fingerprint density at radius 1 is 1.53 bits per heavy atom. The standard InChI is InChI=1S/C12H11NO4/c1-2-17-12(16)9(7-13)5-8-3-4-10(14)6-11(8)15/h3-6,14-15H,2H2,1H3/b9-5+. The third-order valence-electron chi connectivity index (χ3n) is 1.93. The molecule has 0 heterocycles. The summed E-state index contributed by atoms with van der Waals surface area (Å²) in [5.74, 6) is -1.07. The van der Waals surface area contributed by atoms with E-state index < -0.39 is 5.97 Å². The van der Waals surface area contributed by atoms with Crippen LogP contribution in [0.25, 0.3) is 6.08 Å². The SMILES string of the molecule is CCOC(=O)/C(C#N)=C/c1ccc(O)cc1O. The highest BCUT2D eigenvalue weighted by atomic mass is 16.5. The van der Waals surface area contributed by atoms with Gasteiger partial charge in [-0.1, -0.05) is 0 Å². The van der Waals surface area contributed by atoms with Crippen LogP contribution in [0.4, 0.5) is 0 Å². The van der Waals surface area contributed by atoms with E-state index in [1.165, 1.54) is 18.2 Å². The molecule has 5 heteroatoms. The zero-order valence-electron chi connectivity index (χ0n) is 9.17. The van der Waals surface area contributed by atoms with Crippen LogP contribution in [-0.2, 0) is 9.53 Å². The molecule has 0 bridgehead atoms. The van der Waals surface area contributed by atoms with Gasteiger partial charge < -0.3 is 14.9 Å². The summed E-state index contributed by atoms with van der Waals surface area (Å²) in [6.45, 7) is 1.80. The minimum absolute atomic E-state index is 0.103. The molecule has 0 aromatic heterocycles. The van der Waals surface area contributed by atoms with Crippen molar-refractivity contribution < 1.29 is 19.7 Å². The van der Waals surface area contributed by atoms with Crippen molar-refractivity contribution in [2.45, 2.75) is 6.92 Å². The summed E-state index contributed by atoms with van der Waals surface area (Å²) < 4.78 is 4.67. The van der Waals surface area contributed by atoms with Gasteiger partial charge >= 0.3 is 5.97 Å². The molecule has 0 spiro atoms. The normalized spacial score (nSPS) is 10.7. The number of carbonyl (C=O) groups excluding carboxylic acids is 1. The second-order valence-corrected chi connectivity index (χ2v) is 3.13. The van der Waals surface area contributed by atoms with Crippen LogP contribution in [0.1, 0.15) is 12.5 Å². The Labute approximate surface area is 98.2 Å². The molecule has 1 rings (SSSR count). The smallest absolute Gasteiger partial charge is 0.348 e. The Bertz CT molecular complexity index is 500. The molecule has 0 saturated heterocycles. The molecule has 0 fully saturated rings. The van der Waals surface area contributed by atoms with E-state index in [2.05, 4.69) is 4.74 Å². The van der Waals surface area contributed by atoms with E-state index in [1.54, 1.807) is 13.0 Å². The average Bonchev–Trinajstić information content (AvgIpc) is 2.28. The van der Waals surface area contributed by atoms with Crippen molar-refractivity contribution in [2.24, 2.45) is 0 Å². The maximum Gasteiger partial charge on any atom is 0.348 e. The van der Waals surface area contributed by atoms with Gasteiger partial charge in [0.2, 0.25) is 0 Å².